The zero-order chi connectivity index (χ0) is 18.2. The first-order chi connectivity index (χ1) is 12.7. The summed E-state index contributed by atoms with van der Waals surface area (Å²) >= 11 is 0. The summed E-state index contributed by atoms with van der Waals surface area (Å²) in [5, 5.41) is 6.11. The van der Waals surface area contributed by atoms with Crippen LogP contribution in [0.5, 0.6) is 5.75 Å². The van der Waals surface area contributed by atoms with Gasteiger partial charge in [0.2, 0.25) is 5.91 Å². The standard InChI is InChI=1S/C21H26N2O3/c1-22-15-20(24)23-21(11-13-25-14-12-21)18-7-9-19(10-8-18)26-16-17-5-3-2-4-6-17/h2-10,22H,11-16H2,1H3,(H,23,24). The number of hydrogen-bond acceptors (Lipinski definition) is 4. The summed E-state index contributed by atoms with van der Waals surface area (Å²) < 4.78 is 11.4. The molecule has 0 atom stereocenters. The van der Waals surface area contributed by atoms with Gasteiger partial charge in [0.15, 0.2) is 0 Å². The monoisotopic (exact) mass is 354 g/mol. The van der Waals surface area contributed by atoms with E-state index in [0.717, 1.165) is 29.7 Å². The highest BCUT2D eigenvalue weighted by Gasteiger charge is 2.35. The highest BCUT2D eigenvalue weighted by atomic mass is 16.5. The van der Waals surface area contributed by atoms with E-state index < -0.39 is 0 Å². The zero-order valence-corrected chi connectivity index (χ0v) is 15.2. The lowest BCUT2D eigenvalue weighted by Gasteiger charge is -2.38. The number of carbonyl (C=O) groups is 1. The normalized spacial score (nSPS) is 16.0. The molecule has 1 aliphatic rings. The Balaban J connectivity index is 1.70. The lowest BCUT2D eigenvalue weighted by Crippen LogP contribution is -2.51. The Morgan fingerprint density at radius 3 is 2.42 bits per heavy atom. The van der Waals surface area contributed by atoms with E-state index in [-0.39, 0.29) is 11.4 Å². The molecule has 5 nitrogen and oxygen atoms in total. The molecule has 0 aliphatic carbocycles. The Kier molecular flexibility index (Phi) is 6.26. The second-order valence-electron chi connectivity index (χ2n) is 6.57. The van der Waals surface area contributed by atoms with Crippen LogP contribution in [-0.4, -0.2) is 32.7 Å². The molecule has 0 unspecified atom stereocenters. The molecule has 2 aromatic carbocycles. The second kappa shape index (κ2) is 8.83. The Labute approximate surface area is 154 Å². The molecule has 1 aliphatic heterocycles. The van der Waals surface area contributed by atoms with Crippen LogP contribution in [0.3, 0.4) is 0 Å². The van der Waals surface area contributed by atoms with Crippen LogP contribution in [0.4, 0.5) is 0 Å². The molecule has 5 heteroatoms. The van der Waals surface area contributed by atoms with Crippen molar-refractivity contribution in [1.82, 2.24) is 10.6 Å². The molecular weight excluding hydrogens is 328 g/mol. The fraction of sp³-hybridized carbons (Fsp3) is 0.381. The summed E-state index contributed by atoms with van der Waals surface area (Å²) in [6, 6.07) is 18.1. The van der Waals surface area contributed by atoms with Crippen LogP contribution in [0, 0.1) is 0 Å². The van der Waals surface area contributed by atoms with E-state index >= 15 is 0 Å². The number of likely N-dealkylation sites (N-methyl/N-ethyl adjacent to an activating group) is 1. The van der Waals surface area contributed by atoms with Gasteiger partial charge in [-0.1, -0.05) is 42.5 Å². The maximum absolute atomic E-state index is 12.2. The van der Waals surface area contributed by atoms with Crippen LogP contribution in [0.15, 0.2) is 54.6 Å². The first-order valence-electron chi connectivity index (χ1n) is 9.02. The van der Waals surface area contributed by atoms with E-state index in [1.54, 1.807) is 7.05 Å². The quantitative estimate of drug-likeness (QED) is 0.802. The molecule has 2 N–H and O–H groups in total. The predicted molar refractivity (Wildman–Crippen MR) is 101 cm³/mol. The highest BCUT2D eigenvalue weighted by Crippen LogP contribution is 2.33. The largest absolute Gasteiger partial charge is 0.489 e. The Morgan fingerprint density at radius 2 is 1.77 bits per heavy atom. The average Bonchev–Trinajstić information content (AvgIpc) is 2.68. The molecule has 1 amide bonds. The van der Waals surface area contributed by atoms with Gasteiger partial charge in [0.1, 0.15) is 12.4 Å². The van der Waals surface area contributed by atoms with Crippen molar-refractivity contribution in [2.75, 3.05) is 26.8 Å². The molecule has 0 radical (unpaired) electrons. The maximum Gasteiger partial charge on any atom is 0.234 e. The highest BCUT2D eigenvalue weighted by molar-refractivity contribution is 5.79. The summed E-state index contributed by atoms with van der Waals surface area (Å²) in [5.74, 6) is 0.820. The lowest BCUT2D eigenvalue weighted by atomic mass is 9.82. The number of ether oxygens (including phenoxy) is 2. The fourth-order valence-corrected chi connectivity index (χ4v) is 3.29. The zero-order valence-electron chi connectivity index (χ0n) is 15.2. The molecule has 138 valence electrons. The summed E-state index contributed by atoms with van der Waals surface area (Å²) in [6.07, 6.45) is 1.54. The van der Waals surface area contributed by atoms with E-state index in [2.05, 4.69) is 10.6 Å². The molecule has 0 aromatic heterocycles. The van der Waals surface area contributed by atoms with Crippen molar-refractivity contribution in [3.8, 4) is 5.75 Å². The first-order valence-corrected chi connectivity index (χ1v) is 9.02. The van der Waals surface area contributed by atoms with Gasteiger partial charge in [-0.2, -0.15) is 0 Å². The molecule has 26 heavy (non-hydrogen) atoms. The molecule has 3 rings (SSSR count). The molecule has 2 aromatic rings. The van der Waals surface area contributed by atoms with Gasteiger partial charge in [-0.15, -0.1) is 0 Å². The van der Waals surface area contributed by atoms with E-state index in [4.69, 9.17) is 9.47 Å². The van der Waals surface area contributed by atoms with E-state index in [1.165, 1.54) is 0 Å². The summed E-state index contributed by atoms with van der Waals surface area (Å²) in [4.78, 5) is 12.2. The van der Waals surface area contributed by atoms with Crippen LogP contribution in [0.1, 0.15) is 24.0 Å². The Hall–Kier alpha value is -2.37. The number of rotatable bonds is 7. The smallest absolute Gasteiger partial charge is 0.234 e. The van der Waals surface area contributed by atoms with Crippen molar-refractivity contribution in [2.24, 2.45) is 0 Å². The molecular formula is C21H26N2O3. The molecule has 1 heterocycles. The molecule has 0 saturated carbocycles. The average molecular weight is 354 g/mol. The molecule has 1 saturated heterocycles. The number of hydrogen-bond donors (Lipinski definition) is 2. The summed E-state index contributed by atoms with van der Waals surface area (Å²) in [7, 11) is 1.77. The van der Waals surface area contributed by atoms with Crippen LogP contribution in [-0.2, 0) is 21.7 Å². The van der Waals surface area contributed by atoms with Gasteiger partial charge >= 0.3 is 0 Å². The van der Waals surface area contributed by atoms with Gasteiger partial charge < -0.3 is 20.1 Å². The maximum atomic E-state index is 12.2. The third-order valence-electron chi connectivity index (χ3n) is 4.72. The van der Waals surface area contributed by atoms with Crippen molar-refractivity contribution < 1.29 is 14.3 Å². The Morgan fingerprint density at radius 1 is 1.08 bits per heavy atom. The van der Waals surface area contributed by atoms with Gasteiger partial charge in [0.25, 0.3) is 0 Å². The van der Waals surface area contributed by atoms with Crippen molar-refractivity contribution in [3.05, 3.63) is 65.7 Å². The van der Waals surface area contributed by atoms with Crippen LogP contribution >= 0.6 is 0 Å². The summed E-state index contributed by atoms with van der Waals surface area (Å²) in [6.45, 7) is 2.14. The fourth-order valence-electron chi connectivity index (χ4n) is 3.29. The third kappa shape index (κ3) is 4.62. The molecule has 1 fully saturated rings. The predicted octanol–water partition coefficient (Wildman–Crippen LogP) is 2.61. The third-order valence-corrected chi connectivity index (χ3v) is 4.72. The lowest BCUT2D eigenvalue weighted by molar-refractivity contribution is -0.123. The van der Waals surface area contributed by atoms with Gasteiger partial charge in [0, 0.05) is 13.2 Å². The number of nitrogens with one attached hydrogen (secondary N) is 2. The van der Waals surface area contributed by atoms with E-state index in [1.807, 2.05) is 54.6 Å². The van der Waals surface area contributed by atoms with E-state index in [9.17, 15) is 4.79 Å². The minimum Gasteiger partial charge on any atom is -0.489 e. The van der Waals surface area contributed by atoms with E-state index in [0.29, 0.717) is 26.4 Å². The second-order valence-corrected chi connectivity index (χ2v) is 6.57. The number of benzene rings is 2. The van der Waals surface area contributed by atoms with Gasteiger partial charge in [0.05, 0.1) is 12.1 Å². The van der Waals surface area contributed by atoms with Gasteiger partial charge in [-0.3, -0.25) is 4.79 Å². The first kappa shape index (κ1) is 18.4. The minimum atomic E-state index is -0.371. The van der Waals surface area contributed by atoms with Gasteiger partial charge in [-0.05, 0) is 43.1 Å². The van der Waals surface area contributed by atoms with Crippen LogP contribution in [0.25, 0.3) is 0 Å². The minimum absolute atomic E-state index is 0.00111. The van der Waals surface area contributed by atoms with Crippen molar-refractivity contribution >= 4 is 5.91 Å². The topological polar surface area (TPSA) is 59.6 Å². The number of amides is 1. The Bertz CT molecular complexity index is 695. The molecule has 0 spiro atoms. The van der Waals surface area contributed by atoms with Crippen molar-refractivity contribution in [2.45, 2.75) is 25.0 Å². The van der Waals surface area contributed by atoms with Crippen molar-refractivity contribution in [1.29, 1.82) is 0 Å². The number of carbonyl (C=O) groups excluding carboxylic acids is 1. The SMILES string of the molecule is CNCC(=O)NC1(c2ccc(OCc3ccccc3)cc2)CCOCC1. The van der Waals surface area contributed by atoms with Crippen molar-refractivity contribution in [3.63, 3.8) is 0 Å². The van der Waals surface area contributed by atoms with Gasteiger partial charge in [-0.25, -0.2) is 0 Å². The van der Waals surface area contributed by atoms with Crippen LogP contribution < -0.4 is 15.4 Å². The summed E-state index contributed by atoms with van der Waals surface area (Å²) in [5.41, 5.74) is 1.86. The molecule has 0 bridgehead atoms. The van der Waals surface area contributed by atoms with Crippen LogP contribution in [0.2, 0.25) is 0 Å².